The van der Waals surface area contributed by atoms with E-state index in [-0.39, 0.29) is 13.2 Å². The molecule has 2 aliphatic heterocycles. The first-order chi connectivity index (χ1) is 12.2. The minimum atomic E-state index is -0.719. The summed E-state index contributed by atoms with van der Waals surface area (Å²) in [6.45, 7) is -0.178. The van der Waals surface area contributed by atoms with Crippen LogP contribution in [0.5, 0.6) is 11.5 Å². The Balaban J connectivity index is 1.61. The zero-order chi connectivity index (χ0) is 17.3. The molecule has 2 aliphatic rings. The Kier molecular flexibility index (Phi) is 4.18. The van der Waals surface area contributed by atoms with E-state index >= 15 is 0 Å². The SMILES string of the molecule is OCC1(CC2(CO)CCc3ccccc3O2)CCc2ccccc2O1. The maximum absolute atomic E-state index is 10.1. The van der Waals surface area contributed by atoms with Crippen LogP contribution in [0, 0.1) is 0 Å². The number of benzene rings is 2. The van der Waals surface area contributed by atoms with Crippen molar-refractivity contribution in [2.45, 2.75) is 43.3 Å². The van der Waals surface area contributed by atoms with Crippen molar-refractivity contribution in [2.75, 3.05) is 13.2 Å². The summed E-state index contributed by atoms with van der Waals surface area (Å²) in [6.07, 6.45) is 3.61. The van der Waals surface area contributed by atoms with E-state index < -0.39 is 11.2 Å². The van der Waals surface area contributed by atoms with Crippen molar-refractivity contribution in [2.24, 2.45) is 0 Å². The molecule has 0 amide bonds. The molecule has 132 valence electrons. The fourth-order valence-corrected chi connectivity index (χ4v) is 4.08. The molecule has 0 spiro atoms. The Labute approximate surface area is 148 Å². The molecule has 4 rings (SSSR count). The van der Waals surface area contributed by atoms with Crippen LogP contribution in [0.15, 0.2) is 48.5 Å². The van der Waals surface area contributed by atoms with Crippen molar-refractivity contribution in [3.8, 4) is 11.5 Å². The van der Waals surface area contributed by atoms with Gasteiger partial charge in [0.25, 0.3) is 0 Å². The second-order valence-electron chi connectivity index (χ2n) is 7.28. The number of rotatable bonds is 4. The number of para-hydroxylation sites is 2. The normalized spacial score (nSPS) is 27.6. The van der Waals surface area contributed by atoms with Crippen LogP contribution in [-0.2, 0) is 12.8 Å². The third kappa shape index (κ3) is 3.00. The molecule has 0 fully saturated rings. The van der Waals surface area contributed by atoms with E-state index in [1.165, 1.54) is 11.1 Å². The van der Waals surface area contributed by atoms with E-state index in [0.717, 1.165) is 24.3 Å². The highest BCUT2D eigenvalue weighted by molar-refractivity contribution is 5.38. The molecular formula is C21H24O4. The Hall–Kier alpha value is -2.04. The first-order valence-corrected chi connectivity index (χ1v) is 8.93. The maximum Gasteiger partial charge on any atom is 0.136 e. The number of ether oxygens (including phenoxy) is 2. The van der Waals surface area contributed by atoms with E-state index in [0.29, 0.717) is 19.3 Å². The van der Waals surface area contributed by atoms with E-state index in [4.69, 9.17) is 9.47 Å². The molecule has 0 aromatic heterocycles. The molecule has 2 N–H and O–H groups in total. The van der Waals surface area contributed by atoms with Gasteiger partial charge in [-0.25, -0.2) is 0 Å². The molecule has 4 heteroatoms. The van der Waals surface area contributed by atoms with Crippen molar-refractivity contribution < 1.29 is 19.7 Å². The molecular weight excluding hydrogens is 316 g/mol. The lowest BCUT2D eigenvalue weighted by Gasteiger charge is -2.45. The zero-order valence-electron chi connectivity index (χ0n) is 14.3. The Morgan fingerprint density at radius 2 is 1.16 bits per heavy atom. The summed E-state index contributed by atoms with van der Waals surface area (Å²) < 4.78 is 12.5. The number of aryl methyl sites for hydroxylation is 2. The van der Waals surface area contributed by atoms with Crippen molar-refractivity contribution in [1.29, 1.82) is 0 Å². The summed E-state index contributed by atoms with van der Waals surface area (Å²) in [5, 5.41) is 20.3. The van der Waals surface area contributed by atoms with Gasteiger partial charge in [-0.15, -0.1) is 0 Å². The van der Waals surface area contributed by atoms with Crippen LogP contribution in [0.3, 0.4) is 0 Å². The van der Waals surface area contributed by atoms with Gasteiger partial charge >= 0.3 is 0 Å². The third-order valence-electron chi connectivity index (χ3n) is 5.52. The summed E-state index contributed by atoms with van der Waals surface area (Å²) in [4.78, 5) is 0. The van der Waals surface area contributed by atoms with Gasteiger partial charge in [0.05, 0.1) is 13.2 Å². The average Bonchev–Trinajstić information content (AvgIpc) is 2.68. The lowest BCUT2D eigenvalue weighted by Crippen LogP contribution is -2.54. The molecule has 0 saturated carbocycles. The van der Waals surface area contributed by atoms with Gasteiger partial charge in [-0.1, -0.05) is 36.4 Å². The van der Waals surface area contributed by atoms with Gasteiger partial charge in [0.1, 0.15) is 22.7 Å². The number of hydrogen-bond donors (Lipinski definition) is 2. The van der Waals surface area contributed by atoms with Gasteiger partial charge in [0.2, 0.25) is 0 Å². The quantitative estimate of drug-likeness (QED) is 0.898. The van der Waals surface area contributed by atoms with E-state index in [1.54, 1.807) is 0 Å². The highest BCUT2D eigenvalue weighted by Gasteiger charge is 2.47. The minimum absolute atomic E-state index is 0.0892. The second-order valence-corrected chi connectivity index (χ2v) is 7.28. The average molecular weight is 340 g/mol. The van der Waals surface area contributed by atoms with Gasteiger partial charge in [-0.3, -0.25) is 0 Å². The number of hydrogen-bond acceptors (Lipinski definition) is 4. The molecule has 2 aromatic rings. The molecule has 2 unspecified atom stereocenters. The summed E-state index contributed by atoms with van der Waals surface area (Å²) >= 11 is 0. The maximum atomic E-state index is 10.1. The molecule has 4 nitrogen and oxygen atoms in total. The third-order valence-corrected chi connectivity index (χ3v) is 5.52. The molecule has 0 aliphatic carbocycles. The summed E-state index contributed by atoms with van der Waals surface area (Å²) in [7, 11) is 0. The van der Waals surface area contributed by atoms with E-state index in [9.17, 15) is 10.2 Å². The second kappa shape index (κ2) is 6.36. The summed E-state index contributed by atoms with van der Waals surface area (Å²) in [6, 6.07) is 15.9. The molecule has 2 atom stereocenters. The van der Waals surface area contributed by atoms with Crippen LogP contribution in [0.2, 0.25) is 0 Å². The van der Waals surface area contributed by atoms with Gasteiger partial charge < -0.3 is 19.7 Å². The highest BCUT2D eigenvalue weighted by atomic mass is 16.5. The fourth-order valence-electron chi connectivity index (χ4n) is 4.08. The van der Waals surface area contributed by atoms with Crippen LogP contribution in [0.1, 0.15) is 30.4 Å². The van der Waals surface area contributed by atoms with Crippen molar-refractivity contribution in [3.63, 3.8) is 0 Å². The van der Waals surface area contributed by atoms with Crippen LogP contribution in [0.25, 0.3) is 0 Å². The molecule has 0 radical (unpaired) electrons. The van der Waals surface area contributed by atoms with Crippen molar-refractivity contribution in [1.82, 2.24) is 0 Å². The predicted molar refractivity (Wildman–Crippen MR) is 95.0 cm³/mol. The van der Waals surface area contributed by atoms with Gasteiger partial charge in [-0.2, -0.15) is 0 Å². The van der Waals surface area contributed by atoms with Gasteiger partial charge in [0, 0.05) is 6.42 Å². The molecule has 0 bridgehead atoms. The van der Waals surface area contributed by atoms with Crippen LogP contribution < -0.4 is 9.47 Å². The molecule has 2 aromatic carbocycles. The van der Waals surface area contributed by atoms with Crippen LogP contribution >= 0.6 is 0 Å². The van der Waals surface area contributed by atoms with Crippen LogP contribution in [0.4, 0.5) is 0 Å². The van der Waals surface area contributed by atoms with Gasteiger partial charge in [0.15, 0.2) is 0 Å². The smallest absolute Gasteiger partial charge is 0.136 e. The van der Waals surface area contributed by atoms with E-state index in [1.807, 2.05) is 36.4 Å². The number of aliphatic hydroxyl groups is 2. The Bertz CT molecular complexity index is 696. The summed E-state index contributed by atoms with van der Waals surface area (Å²) in [5.74, 6) is 1.65. The minimum Gasteiger partial charge on any atom is -0.484 e. The first-order valence-electron chi connectivity index (χ1n) is 8.93. The van der Waals surface area contributed by atoms with Crippen LogP contribution in [-0.4, -0.2) is 34.6 Å². The largest absolute Gasteiger partial charge is 0.484 e. The lowest BCUT2D eigenvalue weighted by atomic mass is 9.78. The Morgan fingerprint density at radius 1 is 0.720 bits per heavy atom. The van der Waals surface area contributed by atoms with Gasteiger partial charge in [-0.05, 0) is 48.9 Å². The molecule has 2 heterocycles. The fraction of sp³-hybridized carbons (Fsp3) is 0.429. The first kappa shape index (κ1) is 16.4. The zero-order valence-corrected chi connectivity index (χ0v) is 14.3. The standard InChI is InChI=1S/C21H24O4/c22-14-20(11-9-16-5-1-3-7-18(16)24-20)13-21(15-23)12-10-17-6-2-4-8-19(17)25-21/h1-8,22-23H,9-15H2. The lowest BCUT2D eigenvalue weighted by molar-refractivity contribution is -0.0970. The Morgan fingerprint density at radius 3 is 1.60 bits per heavy atom. The number of aliphatic hydroxyl groups excluding tert-OH is 2. The van der Waals surface area contributed by atoms with Crippen molar-refractivity contribution >= 4 is 0 Å². The number of fused-ring (bicyclic) bond motifs is 2. The summed E-state index contributed by atoms with van der Waals surface area (Å²) in [5.41, 5.74) is 0.895. The molecule has 0 saturated heterocycles. The van der Waals surface area contributed by atoms with E-state index in [2.05, 4.69) is 12.1 Å². The highest BCUT2D eigenvalue weighted by Crippen LogP contribution is 2.42. The molecule has 25 heavy (non-hydrogen) atoms. The monoisotopic (exact) mass is 340 g/mol. The topological polar surface area (TPSA) is 58.9 Å². The van der Waals surface area contributed by atoms with Crippen molar-refractivity contribution in [3.05, 3.63) is 59.7 Å². The predicted octanol–water partition coefficient (Wildman–Crippen LogP) is 2.89.